The van der Waals surface area contributed by atoms with Crippen molar-refractivity contribution in [3.8, 4) is 0 Å². The summed E-state index contributed by atoms with van der Waals surface area (Å²) in [6, 6.07) is 1.76. The number of halogens is 1. The molecule has 0 radical (unpaired) electrons. The number of furan rings is 1. The summed E-state index contributed by atoms with van der Waals surface area (Å²) in [4.78, 5) is 2.59. The van der Waals surface area contributed by atoms with E-state index >= 15 is 0 Å². The van der Waals surface area contributed by atoms with Gasteiger partial charge in [-0.05, 0) is 27.5 Å². The molecule has 4 nitrogen and oxygen atoms in total. The van der Waals surface area contributed by atoms with Crippen molar-refractivity contribution < 1.29 is 4.42 Å². The molecule has 0 aliphatic heterocycles. The van der Waals surface area contributed by atoms with Crippen molar-refractivity contribution in [2.45, 2.75) is 6.54 Å². The van der Waals surface area contributed by atoms with Gasteiger partial charge in [0.15, 0.2) is 0 Å². The normalized spacial score (nSPS) is 8.90. The molecule has 0 atom stereocenters. The SMILES string of the molecule is [N-]=[N+]=NCc1cc(Br)co1. The van der Waals surface area contributed by atoms with Gasteiger partial charge < -0.3 is 4.42 Å². The highest BCUT2D eigenvalue weighted by molar-refractivity contribution is 9.10. The van der Waals surface area contributed by atoms with Crippen LogP contribution >= 0.6 is 15.9 Å². The quantitative estimate of drug-likeness (QED) is 0.413. The first-order chi connectivity index (χ1) is 4.83. The molecule has 1 aromatic rings. The van der Waals surface area contributed by atoms with E-state index in [1.54, 1.807) is 12.3 Å². The molecular formula is C5H4BrN3O. The second-order valence-electron chi connectivity index (χ2n) is 1.62. The van der Waals surface area contributed by atoms with Gasteiger partial charge in [0.1, 0.15) is 12.0 Å². The third-order valence-electron chi connectivity index (χ3n) is 0.912. The van der Waals surface area contributed by atoms with Gasteiger partial charge in [0.05, 0.1) is 11.0 Å². The van der Waals surface area contributed by atoms with Crippen LogP contribution < -0.4 is 0 Å². The van der Waals surface area contributed by atoms with Gasteiger partial charge in [-0.25, -0.2) is 0 Å². The largest absolute Gasteiger partial charge is 0.468 e. The van der Waals surface area contributed by atoms with E-state index in [4.69, 9.17) is 9.95 Å². The molecule has 0 amide bonds. The van der Waals surface area contributed by atoms with Crippen LogP contribution in [0, 0.1) is 0 Å². The molecule has 52 valence electrons. The summed E-state index contributed by atoms with van der Waals surface area (Å²) in [7, 11) is 0. The van der Waals surface area contributed by atoms with Crippen molar-refractivity contribution in [1.29, 1.82) is 0 Å². The number of hydrogen-bond acceptors (Lipinski definition) is 2. The third-order valence-corrected chi connectivity index (χ3v) is 1.33. The van der Waals surface area contributed by atoms with Gasteiger partial charge in [0, 0.05) is 4.91 Å². The van der Waals surface area contributed by atoms with E-state index < -0.39 is 0 Å². The lowest BCUT2D eigenvalue weighted by Crippen LogP contribution is -1.69. The second kappa shape index (κ2) is 3.29. The first-order valence-corrected chi connectivity index (χ1v) is 3.36. The van der Waals surface area contributed by atoms with Crippen LogP contribution in [0.4, 0.5) is 0 Å². The molecular weight excluding hydrogens is 198 g/mol. The van der Waals surface area contributed by atoms with E-state index in [2.05, 4.69) is 26.0 Å². The lowest BCUT2D eigenvalue weighted by atomic mass is 10.5. The van der Waals surface area contributed by atoms with Crippen LogP contribution in [0.2, 0.25) is 0 Å². The average molecular weight is 202 g/mol. The van der Waals surface area contributed by atoms with Gasteiger partial charge in [-0.3, -0.25) is 0 Å². The molecule has 0 saturated carbocycles. The topological polar surface area (TPSA) is 61.9 Å². The molecule has 0 aliphatic carbocycles. The minimum absolute atomic E-state index is 0.266. The smallest absolute Gasteiger partial charge is 0.110 e. The summed E-state index contributed by atoms with van der Waals surface area (Å²) in [5.41, 5.74) is 7.94. The Labute approximate surface area is 65.6 Å². The highest BCUT2D eigenvalue weighted by Gasteiger charge is 1.95. The predicted octanol–water partition coefficient (Wildman–Crippen LogP) is 2.85. The van der Waals surface area contributed by atoms with E-state index in [-0.39, 0.29) is 6.54 Å². The third kappa shape index (κ3) is 1.79. The minimum Gasteiger partial charge on any atom is -0.468 e. The fourth-order valence-corrected chi connectivity index (χ4v) is 0.887. The van der Waals surface area contributed by atoms with Gasteiger partial charge in [-0.15, -0.1) is 0 Å². The summed E-state index contributed by atoms with van der Waals surface area (Å²) < 4.78 is 5.81. The molecule has 0 N–H and O–H groups in total. The molecule has 0 unspecified atom stereocenters. The van der Waals surface area contributed by atoms with E-state index in [1.165, 1.54) is 0 Å². The average Bonchev–Trinajstić information content (AvgIpc) is 2.31. The molecule has 0 spiro atoms. The maximum absolute atomic E-state index is 7.94. The van der Waals surface area contributed by atoms with Gasteiger partial charge in [0.2, 0.25) is 0 Å². The first-order valence-electron chi connectivity index (χ1n) is 2.56. The Morgan fingerprint density at radius 1 is 1.80 bits per heavy atom. The van der Waals surface area contributed by atoms with E-state index in [0.717, 1.165) is 4.47 Å². The zero-order chi connectivity index (χ0) is 7.40. The Balaban J connectivity index is 2.66. The van der Waals surface area contributed by atoms with Crippen LogP contribution in [0.25, 0.3) is 10.4 Å². The minimum atomic E-state index is 0.266. The molecule has 10 heavy (non-hydrogen) atoms. The number of nitrogens with zero attached hydrogens (tertiary/aromatic N) is 3. The number of hydrogen-bond donors (Lipinski definition) is 0. The molecule has 0 aliphatic rings. The maximum atomic E-state index is 7.94. The summed E-state index contributed by atoms with van der Waals surface area (Å²) in [5, 5.41) is 3.32. The van der Waals surface area contributed by atoms with Gasteiger partial charge in [-0.1, -0.05) is 5.11 Å². The van der Waals surface area contributed by atoms with E-state index in [1.807, 2.05) is 0 Å². The van der Waals surface area contributed by atoms with Crippen LogP contribution in [0.3, 0.4) is 0 Å². The standard InChI is InChI=1S/C5H4BrN3O/c6-4-1-5(10-3-4)2-8-9-7/h1,3H,2H2. The zero-order valence-electron chi connectivity index (χ0n) is 4.99. The summed E-state index contributed by atoms with van der Waals surface area (Å²) in [6.07, 6.45) is 1.54. The van der Waals surface area contributed by atoms with Crippen molar-refractivity contribution >= 4 is 15.9 Å². The molecule has 5 heteroatoms. The van der Waals surface area contributed by atoms with Gasteiger partial charge in [0.25, 0.3) is 0 Å². The Morgan fingerprint density at radius 2 is 2.60 bits per heavy atom. The monoisotopic (exact) mass is 201 g/mol. The van der Waals surface area contributed by atoms with Crippen molar-refractivity contribution in [2.75, 3.05) is 0 Å². The Hall–Kier alpha value is -0.930. The molecule has 1 aromatic heterocycles. The van der Waals surface area contributed by atoms with Crippen LogP contribution in [0.5, 0.6) is 0 Å². The molecule has 0 saturated heterocycles. The van der Waals surface area contributed by atoms with Crippen molar-refractivity contribution in [3.63, 3.8) is 0 Å². The molecule has 1 heterocycles. The molecule has 0 fully saturated rings. The van der Waals surface area contributed by atoms with Crippen LogP contribution in [0.1, 0.15) is 5.76 Å². The number of rotatable bonds is 2. The Bertz CT molecular complexity index is 264. The fourth-order valence-electron chi connectivity index (χ4n) is 0.538. The van der Waals surface area contributed by atoms with E-state index in [9.17, 15) is 0 Å². The highest BCUT2D eigenvalue weighted by Crippen LogP contribution is 2.14. The maximum Gasteiger partial charge on any atom is 0.110 e. The van der Waals surface area contributed by atoms with Crippen molar-refractivity contribution in [2.24, 2.45) is 5.11 Å². The van der Waals surface area contributed by atoms with Crippen LogP contribution in [-0.2, 0) is 6.54 Å². The fraction of sp³-hybridized carbons (Fsp3) is 0.200. The van der Waals surface area contributed by atoms with Crippen LogP contribution in [0.15, 0.2) is 26.3 Å². The second-order valence-corrected chi connectivity index (χ2v) is 2.54. The summed E-state index contributed by atoms with van der Waals surface area (Å²) in [5.74, 6) is 0.657. The summed E-state index contributed by atoms with van der Waals surface area (Å²) in [6.45, 7) is 0.266. The van der Waals surface area contributed by atoms with Crippen molar-refractivity contribution in [1.82, 2.24) is 0 Å². The number of azide groups is 1. The van der Waals surface area contributed by atoms with Gasteiger partial charge in [-0.2, -0.15) is 0 Å². The van der Waals surface area contributed by atoms with Crippen LogP contribution in [-0.4, -0.2) is 0 Å². The molecule has 1 rings (SSSR count). The molecule has 0 bridgehead atoms. The predicted molar refractivity (Wildman–Crippen MR) is 39.3 cm³/mol. The first kappa shape index (κ1) is 7.18. The lowest BCUT2D eigenvalue weighted by molar-refractivity contribution is 0.511. The Morgan fingerprint density at radius 3 is 3.10 bits per heavy atom. The zero-order valence-corrected chi connectivity index (χ0v) is 6.58. The highest BCUT2D eigenvalue weighted by atomic mass is 79.9. The summed E-state index contributed by atoms with van der Waals surface area (Å²) >= 11 is 3.20. The van der Waals surface area contributed by atoms with E-state index in [0.29, 0.717) is 5.76 Å². The van der Waals surface area contributed by atoms with Gasteiger partial charge >= 0.3 is 0 Å². The lowest BCUT2D eigenvalue weighted by Gasteiger charge is -1.80. The molecule has 0 aromatic carbocycles. The Kier molecular flexibility index (Phi) is 2.36. The van der Waals surface area contributed by atoms with Crippen molar-refractivity contribution in [3.05, 3.63) is 33.0 Å².